The first-order valence-corrected chi connectivity index (χ1v) is 14.7. The molecular formula is C34H27N9O3. The van der Waals surface area contributed by atoms with Gasteiger partial charge in [0.2, 0.25) is 0 Å². The number of aromatic nitrogens is 8. The summed E-state index contributed by atoms with van der Waals surface area (Å²) < 4.78 is 10.8. The molecule has 2 aromatic carbocycles. The predicted octanol–water partition coefficient (Wildman–Crippen LogP) is 4.63. The number of carbonyl (C=O) groups is 1. The van der Waals surface area contributed by atoms with Crippen LogP contribution in [0.3, 0.4) is 0 Å². The average Bonchev–Trinajstić information content (AvgIpc) is 3.83. The molecule has 1 atom stereocenters. The zero-order valence-electron chi connectivity index (χ0n) is 25.0. The monoisotopic (exact) mass is 609 g/mol. The topological polar surface area (TPSA) is 149 Å². The lowest BCUT2D eigenvalue weighted by Crippen LogP contribution is -2.28. The molecule has 226 valence electrons. The fourth-order valence-corrected chi connectivity index (χ4v) is 6.49. The summed E-state index contributed by atoms with van der Waals surface area (Å²) in [7, 11) is 1.49. The van der Waals surface area contributed by atoms with Crippen molar-refractivity contribution < 1.29 is 9.53 Å². The molecule has 8 rings (SSSR count). The summed E-state index contributed by atoms with van der Waals surface area (Å²) in [6.07, 6.45) is 7.36. The fourth-order valence-electron chi connectivity index (χ4n) is 6.49. The van der Waals surface area contributed by atoms with E-state index >= 15 is 0 Å². The van der Waals surface area contributed by atoms with Crippen molar-refractivity contribution in [1.82, 2.24) is 38.9 Å². The molecule has 0 fully saturated rings. The Kier molecular flexibility index (Phi) is 6.24. The van der Waals surface area contributed by atoms with Gasteiger partial charge in [0.25, 0.3) is 5.56 Å². The highest BCUT2D eigenvalue weighted by Gasteiger charge is 2.29. The minimum atomic E-state index is -0.215. The van der Waals surface area contributed by atoms with Gasteiger partial charge in [0.1, 0.15) is 22.9 Å². The van der Waals surface area contributed by atoms with E-state index in [0.717, 1.165) is 29.7 Å². The largest absolute Gasteiger partial charge is 0.496 e. The summed E-state index contributed by atoms with van der Waals surface area (Å²) in [5, 5.41) is 4.72. The SMILES string of the molecule is COc1cc2nc(C)n([C@H]3CCc4cc(-n5c(-c6cccnc6N)nc6ccc(-n7cccn7)nc65)ccc43)c(=O)c2cc1C=O. The second kappa shape index (κ2) is 10.5. The van der Waals surface area contributed by atoms with Gasteiger partial charge in [-0.05, 0) is 79.4 Å². The molecule has 12 heteroatoms. The van der Waals surface area contributed by atoms with E-state index in [-0.39, 0.29) is 11.6 Å². The summed E-state index contributed by atoms with van der Waals surface area (Å²) in [5.74, 6) is 2.61. The lowest BCUT2D eigenvalue weighted by molar-refractivity contribution is 0.112. The smallest absolute Gasteiger partial charge is 0.261 e. The van der Waals surface area contributed by atoms with Gasteiger partial charge in [-0.2, -0.15) is 5.10 Å². The molecule has 1 aliphatic rings. The number of nitrogens with zero attached hydrogens (tertiary/aromatic N) is 8. The van der Waals surface area contributed by atoms with Gasteiger partial charge in [-0.3, -0.25) is 18.7 Å². The number of aryl methyl sites for hydroxylation is 2. The average molecular weight is 610 g/mol. The molecule has 2 N–H and O–H groups in total. The van der Waals surface area contributed by atoms with Gasteiger partial charge in [-0.1, -0.05) is 6.07 Å². The van der Waals surface area contributed by atoms with Crippen LogP contribution in [-0.4, -0.2) is 52.2 Å². The number of anilines is 1. The number of imidazole rings is 1. The number of nitrogens with two attached hydrogens (primary N) is 1. The van der Waals surface area contributed by atoms with E-state index < -0.39 is 0 Å². The molecule has 0 spiro atoms. The van der Waals surface area contributed by atoms with Crippen molar-refractivity contribution in [3.05, 3.63) is 112 Å². The second-order valence-corrected chi connectivity index (χ2v) is 11.2. The summed E-state index contributed by atoms with van der Waals surface area (Å²) in [6.45, 7) is 1.83. The Labute approximate surface area is 261 Å². The third-order valence-electron chi connectivity index (χ3n) is 8.61. The summed E-state index contributed by atoms with van der Waals surface area (Å²) in [4.78, 5) is 44.5. The quantitative estimate of drug-likeness (QED) is 0.267. The number of benzene rings is 2. The van der Waals surface area contributed by atoms with Crippen LogP contribution in [0.5, 0.6) is 5.75 Å². The van der Waals surface area contributed by atoms with Gasteiger partial charge in [0.05, 0.1) is 35.2 Å². The van der Waals surface area contributed by atoms with E-state index in [2.05, 4.69) is 22.2 Å². The molecule has 0 aliphatic heterocycles. The summed E-state index contributed by atoms with van der Waals surface area (Å²) in [5.41, 5.74) is 12.0. The van der Waals surface area contributed by atoms with Gasteiger partial charge < -0.3 is 10.5 Å². The molecule has 5 aromatic heterocycles. The molecule has 0 saturated carbocycles. The van der Waals surface area contributed by atoms with Crippen molar-refractivity contribution >= 4 is 34.2 Å². The van der Waals surface area contributed by atoms with Gasteiger partial charge >= 0.3 is 0 Å². The Morgan fingerprint density at radius 1 is 1.00 bits per heavy atom. The number of hydrogen-bond acceptors (Lipinski definition) is 9. The van der Waals surface area contributed by atoms with Crippen molar-refractivity contribution in [3.8, 4) is 28.6 Å². The normalized spacial score (nSPS) is 14.2. The van der Waals surface area contributed by atoms with Crippen LogP contribution in [0.1, 0.15) is 39.8 Å². The lowest BCUT2D eigenvalue weighted by atomic mass is 10.1. The van der Waals surface area contributed by atoms with Crippen LogP contribution in [0.4, 0.5) is 5.82 Å². The third-order valence-corrected chi connectivity index (χ3v) is 8.61. The number of ether oxygens (including phenoxy) is 1. The molecule has 0 unspecified atom stereocenters. The Hall–Kier alpha value is -6.17. The molecule has 5 heterocycles. The van der Waals surface area contributed by atoms with Crippen LogP contribution in [0.25, 0.3) is 45.0 Å². The van der Waals surface area contributed by atoms with Crippen LogP contribution in [0.2, 0.25) is 0 Å². The van der Waals surface area contributed by atoms with Crippen LogP contribution in [-0.2, 0) is 6.42 Å². The summed E-state index contributed by atoms with van der Waals surface area (Å²) >= 11 is 0. The third kappa shape index (κ3) is 4.18. The van der Waals surface area contributed by atoms with E-state index in [1.807, 2.05) is 54.1 Å². The van der Waals surface area contributed by atoms with Crippen molar-refractivity contribution in [2.45, 2.75) is 25.8 Å². The van der Waals surface area contributed by atoms with Crippen molar-refractivity contribution in [1.29, 1.82) is 0 Å². The number of hydrogen-bond donors (Lipinski definition) is 1. The van der Waals surface area contributed by atoms with E-state index in [9.17, 15) is 9.59 Å². The van der Waals surface area contributed by atoms with Crippen molar-refractivity contribution in [2.75, 3.05) is 12.8 Å². The number of carbonyl (C=O) groups excluding carboxylic acids is 1. The van der Waals surface area contributed by atoms with E-state index in [4.69, 9.17) is 25.4 Å². The Bertz CT molecular complexity index is 2390. The number of fused-ring (bicyclic) bond motifs is 3. The molecular weight excluding hydrogens is 582 g/mol. The lowest BCUT2D eigenvalue weighted by Gasteiger charge is -2.19. The highest BCUT2D eigenvalue weighted by molar-refractivity contribution is 5.90. The summed E-state index contributed by atoms with van der Waals surface area (Å²) in [6, 6.07) is 18.5. The molecule has 0 saturated heterocycles. The molecule has 0 radical (unpaired) electrons. The van der Waals surface area contributed by atoms with Gasteiger partial charge in [0, 0.05) is 30.3 Å². The van der Waals surface area contributed by atoms with Crippen LogP contribution in [0, 0.1) is 6.92 Å². The minimum absolute atomic E-state index is 0.194. The molecule has 46 heavy (non-hydrogen) atoms. The number of rotatable bonds is 6. The van der Waals surface area contributed by atoms with E-state index in [0.29, 0.717) is 68.5 Å². The number of pyridine rings is 2. The fraction of sp³-hybridized carbons (Fsp3) is 0.147. The minimum Gasteiger partial charge on any atom is -0.496 e. The first-order valence-electron chi connectivity index (χ1n) is 14.7. The first kappa shape index (κ1) is 27.4. The zero-order chi connectivity index (χ0) is 31.5. The van der Waals surface area contributed by atoms with Gasteiger partial charge in [0.15, 0.2) is 23.6 Å². The van der Waals surface area contributed by atoms with Crippen LogP contribution >= 0.6 is 0 Å². The second-order valence-electron chi connectivity index (χ2n) is 11.2. The zero-order valence-corrected chi connectivity index (χ0v) is 25.0. The predicted molar refractivity (Wildman–Crippen MR) is 173 cm³/mol. The van der Waals surface area contributed by atoms with Crippen molar-refractivity contribution in [3.63, 3.8) is 0 Å². The van der Waals surface area contributed by atoms with Gasteiger partial charge in [-0.15, -0.1) is 0 Å². The van der Waals surface area contributed by atoms with Crippen LogP contribution < -0.4 is 16.0 Å². The number of methoxy groups -OCH3 is 1. The maximum Gasteiger partial charge on any atom is 0.261 e. The van der Waals surface area contributed by atoms with Gasteiger partial charge in [-0.25, -0.2) is 24.6 Å². The number of nitrogen functional groups attached to an aromatic ring is 1. The van der Waals surface area contributed by atoms with E-state index in [1.54, 1.807) is 33.8 Å². The Morgan fingerprint density at radius 3 is 2.67 bits per heavy atom. The standard InChI is InChI=1S/C34H27N9O3/c1-19-38-27-17-29(46-2)21(18-44)16-25(27)34(45)42(19)28-10-6-20-15-22(7-8-23(20)28)43-32(24-5-3-12-36-31(24)35)39-26-9-11-30(40-33(26)43)41-14-4-13-37-41/h3-5,7-9,11-18,28H,6,10H2,1-2H3,(H2,35,36)/t28-/m0/s1. The van der Waals surface area contributed by atoms with Crippen LogP contribution in [0.15, 0.2) is 84.0 Å². The first-order chi connectivity index (χ1) is 22.4. The molecule has 7 aromatic rings. The van der Waals surface area contributed by atoms with Crippen molar-refractivity contribution in [2.24, 2.45) is 0 Å². The Balaban J connectivity index is 1.28. The molecule has 0 amide bonds. The maximum atomic E-state index is 13.9. The number of aldehydes is 1. The Morgan fingerprint density at radius 2 is 1.89 bits per heavy atom. The molecule has 0 bridgehead atoms. The maximum absolute atomic E-state index is 13.9. The highest BCUT2D eigenvalue weighted by Crippen LogP contribution is 2.38. The molecule has 12 nitrogen and oxygen atoms in total. The highest BCUT2D eigenvalue weighted by atomic mass is 16.5. The molecule has 1 aliphatic carbocycles. The van der Waals surface area contributed by atoms with E-state index in [1.165, 1.54) is 7.11 Å².